The maximum Gasteiger partial charge on any atom is 0.233 e. The quantitative estimate of drug-likeness (QED) is 0.850. The number of hydrogen-bond acceptors (Lipinski definition) is 4. The maximum atomic E-state index is 12.4. The van der Waals surface area contributed by atoms with Crippen LogP contribution in [0.15, 0.2) is 18.6 Å². The van der Waals surface area contributed by atoms with Gasteiger partial charge in [0.1, 0.15) is 0 Å². The summed E-state index contributed by atoms with van der Waals surface area (Å²) in [6.07, 6.45) is 8.53. The summed E-state index contributed by atoms with van der Waals surface area (Å²) in [7, 11) is 0. The molecule has 1 aliphatic carbocycles. The van der Waals surface area contributed by atoms with Crippen LogP contribution in [0.25, 0.3) is 0 Å². The predicted octanol–water partition coefficient (Wildman–Crippen LogP) is 1.57. The summed E-state index contributed by atoms with van der Waals surface area (Å²) in [6, 6.07) is 0. The third kappa shape index (κ3) is 2.67. The van der Waals surface area contributed by atoms with Gasteiger partial charge >= 0.3 is 0 Å². The summed E-state index contributed by atoms with van der Waals surface area (Å²) in [6.45, 7) is 2.62. The molecule has 0 radical (unpaired) electrons. The maximum absolute atomic E-state index is 12.4. The Morgan fingerprint density at radius 2 is 2.22 bits per heavy atom. The molecule has 5 nitrogen and oxygen atoms in total. The summed E-state index contributed by atoms with van der Waals surface area (Å²) in [4.78, 5) is 20.4. The largest absolute Gasteiger partial charge is 0.329 e. The van der Waals surface area contributed by atoms with Crippen LogP contribution in [0.2, 0.25) is 0 Å². The van der Waals surface area contributed by atoms with Crippen LogP contribution in [0.4, 0.5) is 5.82 Å². The van der Waals surface area contributed by atoms with E-state index < -0.39 is 5.41 Å². The van der Waals surface area contributed by atoms with Gasteiger partial charge in [-0.2, -0.15) is 0 Å². The minimum Gasteiger partial charge on any atom is -0.329 e. The van der Waals surface area contributed by atoms with Gasteiger partial charge in [-0.05, 0) is 31.6 Å². The van der Waals surface area contributed by atoms with Gasteiger partial charge in [-0.25, -0.2) is 4.98 Å². The van der Waals surface area contributed by atoms with Crippen LogP contribution in [0.3, 0.4) is 0 Å². The summed E-state index contributed by atoms with van der Waals surface area (Å²) < 4.78 is 0. The Hall–Kier alpha value is -1.49. The summed E-state index contributed by atoms with van der Waals surface area (Å²) in [5.74, 6) is 1.17. The summed E-state index contributed by atoms with van der Waals surface area (Å²) in [5.41, 5.74) is 5.41. The Kier molecular flexibility index (Phi) is 3.91. The fraction of sp³-hybridized carbons (Fsp3) is 0.615. The number of nitrogens with two attached hydrogens (primary N) is 1. The van der Waals surface area contributed by atoms with Gasteiger partial charge in [-0.1, -0.05) is 6.92 Å². The lowest BCUT2D eigenvalue weighted by Crippen LogP contribution is -2.45. The molecular formula is C13H20N4O. The van der Waals surface area contributed by atoms with Gasteiger partial charge in [0.15, 0.2) is 5.82 Å². The summed E-state index contributed by atoms with van der Waals surface area (Å²) in [5, 5.41) is 2.83. The van der Waals surface area contributed by atoms with Crippen molar-refractivity contribution in [3.05, 3.63) is 18.6 Å². The molecule has 0 aromatic carbocycles. The van der Waals surface area contributed by atoms with E-state index in [1.54, 1.807) is 18.6 Å². The van der Waals surface area contributed by atoms with Gasteiger partial charge in [0.05, 0.1) is 11.6 Å². The zero-order valence-corrected chi connectivity index (χ0v) is 10.7. The van der Waals surface area contributed by atoms with Gasteiger partial charge in [0.2, 0.25) is 5.91 Å². The van der Waals surface area contributed by atoms with Gasteiger partial charge in [-0.15, -0.1) is 0 Å². The highest BCUT2D eigenvalue weighted by Crippen LogP contribution is 2.38. The second kappa shape index (κ2) is 5.44. The van der Waals surface area contributed by atoms with Crippen LogP contribution >= 0.6 is 0 Å². The number of amides is 1. The lowest BCUT2D eigenvalue weighted by molar-refractivity contribution is -0.127. The first kappa shape index (κ1) is 13.0. The van der Waals surface area contributed by atoms with E-state index in [1.807, 2.05) is 0 Å². The number of nitrogens with one attached hydrogen (secondary N) is 1. The van der Waals surface area contributed by atoms with E-state index in [4.69, 9.17) is 5.73 Å². The molecule has 5 heteroatoms. The second-order valence-corrected chi connectivity index (χ2v) is 5.21. The zero-order valence-electron chi connectivity index (χ0n) is 10.7. The van der Waals surface area contributed by atoms with Crippen LogP contribution in [-0.2, 0) is 4.79 Å². The normalized spacial score (nSPS) is 27.8. The van der Waals surface area contributed by atoms with E-state index in [0.29, 0.717) is 18.3 Å². The van der Waals surface area contributed by atoms with E-state index in [1.165, 1.54) is 0 Å². The van der Waals surface area contributed by atoms with E-state index in [9.17, 15) is 4.79 Å². The Labute approximate surface area is 107 Å². The number of anilines is 1. The minimum atomic E-state index is -0.427. The number of rotatable bonds is 3. The van der Waals surface area contributed by atoms with Crippen molar-refractivity contribution in [1.29, 1.82) is 0 Å². The SMILES string of the molecule is CC1CCC(CN)(C(=O)Nc2cnccn2)CC1. The number of carbonyl (C=O) groups excluding carboxylic acids is 1. The van der Waals surface area contributed by atoms with Crippen molar-refractivity contribution in [3.63, 3.8) is 0 Å². The molecule has 0 bridgehead atoms. The molecule has 1 aromatic heterocycles. The van der Waals surface area contributed by atoms with Gasteiger partial charge in [-0.3, -0.25) is 9.78 Å². The van der Waals surface area contributed by atoms with Crippen molar-refractivity contribution >= 4 is 11.7 Å². The average Bonchev–Trinajstić information content (AvgIpc) is 2.41. The molecule has 0 saturated heterocycles. The van der Waals surface area contributed by atoms with Crippen LogP contribution in [0.1, 0.15) is 32.6 Å². The number of nitrogens with zero attached hydrogens (tertiary/aromatic N) is 2. The van der Waals surface area contributed by atoms with Gasteiger partial charge in [0, 0.05) is 18.9 Å². The molecule has 2 rings (SSSR count). The highest BCUT2D eigenvalue weighted by Gasteiger charge is 2.39. The van der Waals surface area contributed by atoms with Crippen LogP contribution < -0.4 is 11.1 Å². The van der Waals surface area contributed by atoms with E-state index in [0.717, 1.165) is 25.7 Å². The summed E-state index contributed by atoms with van der Waals surface area (Å²) >= 11 is 0. The number of hydrogen-bond donors (Lipinski definition) is 2. The lowest BCUT2D eigenvalue weighted by Gasteiger charge is -2.36. The van der Waals surface area contributed by atoms with Crippen molar-refractivity contribution in [2.75, 3.05) is 11.9 Å². The van der Waals surface area contributed by atoms with Crippen LogP contribution in [0.5, 0.6) is 0 Å². The number of aromatic nitrogens is 2. The molecule has 1 heterocycles. The third-order valence-corrected chi connectivity index (χ3v) is 3.91. The molecular weight excluding hydrogens is 228 g/mol. The average molecular weight is 248 g/mol. The van der Waals surface area contributed by atoms with Crippen molar-refractivity contribution < 1.29 is 4.79 Å². The molecule has 1 aromatic rings. The Bertz CT molecular complexity index is 399. The van der Waals surface area contributed by atoms with E-state index in [2.05, 4.69) is 22.2 Å². The fourth-order valence-electron chi connectivity index (χ4n) is 2.45. The standard InChI is InChI=1S/C13H20N4O/c1-10-2-4-13(9-14,5-3-10)12(18)17-11-8-15-6-7-16-11/h6-8,10H,2-5,9,14H2,1H3,(H,16,17,18). The molecule has 1 amide bonds. The molecule has 1 fully saturated rings. The minimum absolute atomic E-state index is 0.0163. The molecule has 98 valence electrons. The Morgan fingerprint density at radius 3 is 2.78 bits per heavy atom. The monoisotopic (exact) mass is 248 g/mol. The van der Waals surface area contributed by atoms with Crippen LogP contribution in [0, 0.1) is 11.3 Å². The topological polar surface area (TPSA) is 80.9 Å². The molecule has 1 aliphatic rings. The first-order chi connectivity index (χ1) is 8.66. The highest BCUT2D eigenvalue weighted by atomic mass is 16.2. The Balaban J connectivity index is 2.06. The highest BCUT2D eigenvalue weighted by molar-refractivity contribution is 5.94. The van der Waals surface area contributed by atoms with Gasteiger partial charge in [0.25, 0.3) is 0 Å². The molecule has 0 atom stereocenters. The third-order valence-electron chi connectivity index (χ3n) is 3.91. The van der Waals surface area contributed by atoms with E-state index >= 15 is 0 Å². The zero-order chi connectivity index (χ0) is 13.0. The van der Waals surface area contributed by atoms with E-state index in [-0.39, 0.29) is 5.91 Å². The second-order valence-electron chi connectivity index (χ2n) is 5.21. The van der Waals surface area contributed by atoms with Crippen LogP contribution in [-0.4, -0.2) is 22.4 Å². The molecule has 18 heavy (non-hydrogen) atoms. The smallest absolute Gasteiger partial charge is 0.233 e. The number of carbonyl (C=O) groups is 1. The molecule has 0 aliphatic heterocycles. The molecule has 0 spiro atoms. The van der Waals surface area contributed by atoms with Crippen molar-refractivity contribution in [2.24, 2.45) is 17.1 Å². The predicted molar refractivity (Wildman–Crippen MR) is 69.8 cm³/mol. The van der Waals surface area contributed by atoms with Crippen molar-refractivity contribution in [3.8, 4) is 0 Å². The molecule has 0 unspecified atom stereocenters. The lowest BCUT2D eigenvalue weighted by atomic mass is 9.70. The first-order valence-electron chi connectivity index (χ1n) is 6.44. The Morgan fingerprint density at radius 1 is 1.50 bits per heavy atom. The van der Waals surface area contributed by atoms with Crippen molar-refractivity contribution in [1.82, 2.24) is 9.97 Å². The van der Waals surface area contributed by atoms with Gasteiger partial charge < -0.3 is 11.1 Å². The fourth-order valence-corrected chi connectivity index (χ4v) is 2.45. The molecule has 1 saturated carbocycles. The first-order valence-corrected chi connectivity index (χ1v) is 6.44. The molecule has 3 N–H and O–H groups in total. The van der Waals surface area contributed by atoms with Crippen molar-refractivity contribution in [2.45, 2.75) is 32.6 Å².